The first kappa shape index (κ1) is 37.1. The molecule has 2 unspecified atom stereocenters. The van der Waals surface area contributed by atoms with Gasteiger partial charge in [0.1, 0.15) is 0 Å². The Labute approximate surface area is 307 Å². The Hall–Kier alpha value is -2.19. The van der Waals surface area contributed by atoms with Crippen molar-refractivity contribution in [3.63, 3.8) is 0 Å². The van der Waals surface area contributed by atoms with Gasteiger partial charge in [-0.3, -0.25) is 0 Å². The Kier molecular flexibility index (Phi) is 11.3. The van der Waals surface area contributed by atoms with E-state index in [1.807, 2.05) is 0 Å². The maximum Gasteiger partial charge on any atom is -0.147 e. The molecule has 4 aromatic carbocycles. The van der Waals surface area contributed by atoms with Crippen molar-refractivity contribution in [2.45, 2.75) is 89.4 Å². The molecule has 252 valence electrons. The summed E-state index contributed by atoms with van der Waals surface area (Å²) in [5.74, 6) is 2.23. The molecule has 4 aromatic rings. The van der Waals surface area contributed by atoms with Gasteiger partial charge in [-0.05, 0) is 0 Å². The molecule has 0 saturated carbocycles. The number of allylic oxidation sites excluding steroid dienone is 2. The second-order valence-corrected chi connectivity index (χ2v) is 32.3. The van der Waals surface area contributed by atoms with Crippen molar-refractivity contribution in [2.24, 2.45) is 11.8 Å². The molecule has 0 nitrogen and oxygen atoms in total. The molecular formula is C45H54Cl2Hf. The molecule has 3 aliphatic rings. The van der Waals surface area contributed by atoms with Crippen LogP contribution in [0.15, 0.2) is 96.1 Å². The van der Waals surface area contributed by atoms with E-state index in [2.05, 4.69) is 152 Å². The summed E-state index contributed by atoms with van der Waals surface area (Å²) >= 11 is -3.10. The molecule has 0 bridgehead atoms. The average molecular weight is 844 g/mol. The Morgan fingerprint density at radius 2 is 0.854 bits per heavy atom. The van der Waals surface area contributed by atoms with Crippen molar-refractivity contribution < 1.29 is 20.0 Å². The molecule has 0 radical (unpaired) electrons. The third kappa shape index (κ3) is 6.20. The van der Waals surface area contributed by atoms with Crippen molar-refractivity contribution in [2.75, 3.05) is 0 Å². The van der Waals surface area contributed by atoms with E-state index in [1.165, 1.54) is 59.3 Å². The van der Waals surface area contributed by atoms with E-state index in [0.29, 0.717) is 31.0 Å². The normalized spacial score (nSPS) is 19.0. The molecule has 0 N–H and O–H groups in total. The predicted octanol–water partition coefficient (Wildman–Crippen LogP) is 14.4. The summed E-state index contributed by atoms with van der Waals surface area (Å²) in [6.45, 7) is 19.0. The molecule has 48 heavy (non-hydrogen) atoms. The van der Waals surface area contributed by atoms with Crippen molar-refractivity contribution in [3.05, 3.63) is 129 Å². The Morgan fingerprint density at radius 3 is 1.15 bits per heavy atom. The zero-order valence-electron chi connectivity index (χ0n) is 30.1. The van der Waals surface area contributed by atoms with Crippen LogP contribution < -0.4 is 0 Å². The minimum atomic E-state index is -3.10. The van der Waals surface area contributed by atoms with E-state index >= 15 is 0 Å². The summed E-state index contributed by atoms with van der Waals surface area (Å²) < 4.78 is 4.35. The first-order valence-corrected chi connectivity index (χ1v) is 27.2. The number of benzene rings is 4. The summed E-state index contributed by atoms with van der Waals surface area (Å²) in [6.07, 6.45) is 6.75. The molecule has 1 fully saturated rings. The van der Waals surface area contributed by atoms with Crippen molar-refractivity contribution in [1.29, 1.82) is 0 Å². The number of fused-ring (bicyclic) bond motifs is 2. The maximum atomic E-state index is 2.66. The predicted molar refractivity (Wildman–Crippen MR) is 212 cm³/mol. The number of halogens is 2. The van der Waals surface area contributed by atoms with Crippen LogP contribution in [0.3, 0.4) is 0 Å². The smallest absolute Gasteiger partial charge is 0.147 e. The van der Waals surface area contributed by atoms with Gasteiger partial charge in [0.15, 0.2) is 0 Å². The molecule has 2 aliphatic carbocycles. The molecular weight excluding hydrogens is 790 g/mol. The number of rotatable bonds is 8. The zero-order chi connectivity index (χ0) is 32.3. The molecule has 3 heteroatoms. The molecule has 0 spiro atoms. The molecule has 2 atom stereocenters. The Bertz CT molecular complexity index is 1690. The van der Waals surface area contributed by atoms with Gasteiger partial charge < -0.3 is 0 Å². The minimum Gasteiger partial charge on any atom is -0.147 e. The van der Waals surface area contributed by atoms with Crippen LogP contribution in [0.25, 0.3) is 34.4 Å². The van der Waals surface area contributed by atoms with E-state index in [9.17, 15) is 0 Å². The molecule has 0 aromatic heterocycles. The Balaban J connectivity index is 0.00000225. The van der Waals surface area contributed by atoms with E-state index in [0.717, 1.165) is 0 Å². The zero-order valence-corrected chi connectivity index (χ0v) is 35.4. The van der Waals surface area contributed by atoms with Crippen molar-refractivity contribution >= 4 is 37.0 Å². The fourth-order valence-corrected chi connectivity index (χ4v) is 32.6. The van der Waals surface area contributed by atoms with Crippen LogP contribution in [-0.4, -0.2) is 0 Å². The SMILES string of the molecule is CC(C)C1=Cc2c(-c3ccc(C(C)C)cc3)cccc2[CH]1[Hf]1([CH]2C(C(C)C)=Cc3c(-c4ccc(C(C)C)cc4)cccc32)[CH2]C[CH2]1.Cl.Cl. The van der Waals surface area contributed by atoms with Gasteiger partial charge in [-0.25, -0.2) is 0 Å². The molecule has 1 aliphatic heterocycles. The second kappa shape index (κ2) is 14.6. The van der Waals surface area contributed by atoms with E-state index in [1.54, 1.807) is 22.3 Å². The fraction of sp³-hybridized carbons (Fsp3) is 0.378. The van der Waals surface area contributed by atoms with Crippen LogP contribution in [0.1, 0.15) is 114 Å². The summed E-state index contributed by atoms with van der Waals surface area (Å²) in [6, 6.07) is 33.4. The third-order valence-corrected chi connectivity index (χ3v) is 33.9. The quantitative estimate of drug-likeness (QED) is 0.155. The topological polar surface area (TPSA) is 0 Å². The van der Waals surface area contributed by atoms with Crippen molar-refractivity contribution in [1.82, 2.24) is 0 Å². The van der Waals surface area contributed by atoms with E-state index < -0.39 is 20.0 Å². The summed E-state index contributed by atoms with van der Waals surface area (Å²) in [4.78, 5) is 0. The first-order valence-electron chi connectivity index (χ1n) is 18.0. The van der Waals surface area contributed by atoms with Crippen LogP contribution >= 0.6 is 24.8 Å². The summed E-state index contributed by atoms with van der Waals surface area (Å²) in [5, 5.41) is 0. The third-order valence-electron chi connectivity index (χ3n) is 11.7. The summed E-state index contributed by atoms with van der Waals surface area (Å²) in [5.41, 5.74) is 18.2. The first-order chi connectivity index (χ1) is 22.1. The van der Waals surface area contributed by atoms with Gasteiger partial charge in [-0.1, -0.05) is 0 Å². The van der Waals surface area contributed by atoms with Crippen LogP contribution in [0, 0.1) is 11.8 Å². The summed E-state index contributed by atoms with van der Waals surface area (Å²) in [7, 11) is 0. The van der Waals surface area contributed by atoms with Crippen LogP contribution in [0.5, 0.6) is 0 Å². The van der Waals surface area contributed by atoms with E-state index in [4.69, 9.17) is 0 Å². The minimum absolute atomic E-state index is 0. The monoisotopic (exact) mass is 844 g/mol. The Morgan fingerprint density at radius 1 is 0.479 bits per heavy atom. The average Bonchev–Trinajstić information content (AvgIpc) is 3.61. The van der Waals surface area contributed by atoms with Crippen LogP contribution in [0.2, 0.25) is 8.35 Å². The second-order valence-electron chi connectivity index (χ2n) is 15.7. The van der Waals surface area contributed by atoms with Gasteiger partial charge >= 0.3 is 285 Å². The standard InChI is InChI=1S/2C21H23.C3H6.2ClH.Hf/c2*1-14(2)16-8-10-17(11-9-16)20-7-5-6-18-12-19(15(3)4)13-21(18)20;1-3-2;;;/h2*5-15H,1-4H3;1-3H2;2*1H;. The van der Waals surface area contributed by atoms with Gasteiger partial charge in [0.05, 0.1) is 0 Å². The molecule has 1 heterocycles. The van der Waals surface area contributed by atoms with Crippen LogP contribution in [0.4, 0.5) is 0 Å². The largest absolute Gasteiger partial charge is 0.147 e. The van der Waals surface area contributed by atoms with Crippen molar-refractivity contribution in [3.8, 4) is 22.3 Å². The molecule has 1 saturated heterocycles. The molecule has 0 amide bonds. The van der Waals surface area contributed by atoms with Gasteiger partial charge in [-0.15, -0.1) is 24.8 Å². The number of hydrogen-bond donors (Lipinski definition) is 0. The van der Waals surface area contributed by atoms with E-state index in [-0.39, 0.29) is 24.8 Å². The van der Waals surface area contributed by atoms with Gasteiger partial charge in [0.25, 0.3) is 0 Å². The number of hydrogen-bond acceptors (Lipinski definition) is 0. The van der Waals surface area contributed by atoms with Crippen LogP contribution in [-0.2, 0) is 20.0 Å². The van der Waals surface area contributed by atoms with Gasteiger partial charge in [-0.2, -0.15) is 0 Å². The maximum absolute atomic E-state index is 3.10. The van der Waals surface area contributed by atoms with Gasteiger partial charge in [0.2, 0.25) is 0 Å². The fourth-order valence-electron chi connectivity index (χ4n) is 9.06. The van der Waals surface area contributed by atoms with Gasteiger partial charge in [0, 0.05) is 0 Å². The molecule has 7 rings (SSSR count).